The number of anilines is 3. The summed E-state index contributed by atoms with van der Waals surface area (Å²) in [5.41, 5.74) is 2.37. The Morgan fingerprint density at radius 3 is 2.67 bits per heavy atom. The molecule has 1 aliphatic heterocycles. The van der Waals surface area contributed by atoms with Crippen LogP contribution in [0.2, 0.25) is 25.7 Å². The number of nitrogens with one attached hydrogen (secondary N) is 1. The molecule has 39 heavy (non-hydrogen) atoms. The normalized spacial score (nSPS) is 19.2. The van der Waals surface area contributed by atoms with Crippen molar-refractivity contribution < 1.29 is 13.2 Å². The Kier molecular flexibility index (Phi) is 8.53. The second kappa shape index (κ2) is 11.7. The molecule has 0 aromatic carbocycles. The summed E-state index contributed by atoms with van der Waals surface area (Å²) in [6.45, 7) is 9.08. The molecule has 3 aromatic rings. The van der Waals surface area contributed by atoms with E-state index >= 15 is 0 Å². The summed E-state index contributed by atoms with van der Waals surface area (Å²) in [7, 11) is -4.40. The number of hydrogen-bond acceptors (Lipinski definition) is 10. The maximum absolute atomic E-state index is 11.9. The van der Waals surface area contributed by atoms with Crippen LogP contribution >= 0.6 is 11.3 Å². The molecule has 1 saturated heterocycles. The van der Waals surface area contributed by atoms with E-state index in [1.807, 2.05) is 23.1 Å². The third-order valence-electron chi connectivity index (χ3n) is 7.37. The van der Waals surface area contributed by atoms with Gasteiger partial charge in [0.05, 0.1) is 29.2 Å². The van der Waals surface area contributed by atoms with Crippen molar-refractivity contribution in [2.75, 3.05) is 42.9 Å². The van der Waals surface area contributed by atoms with Crippen molar-refractivity contribution in [1.82, 2.24) is 24.5 Å². The van der Waals surface area contributed by atoms with Gasteiger partial charge in [-0.25, -0.2) is 17.7 Å². The Bertz CT molecular complexity index is 1390. The first-order chi connectivity index (χ1) is 18.5. The lowest BCUT2D eigenvalue weighted by molar-refractivity contribution is 0.153. The zero-order chi connectivity index (χ0) is 27.6. The number of hydrogen-bond donors (Lipinski definition) is 1. The van der Waals surface area contributed by atoms with Crippen molar-refractivity contribution in [2.24, 2.45) is 0 Å². The molecule has 0 radical (unpaired) electrons. The van der Waals surface area contributed by atoms with Crippen LogP contribution in [0, 0.1) is 0 Å². The Labute approximate surface area is 236 Å². The third kappa shape index (κ3) is 7.31. The van der Waals surface area contributed by atoms with E-state index < -0.39 is 18.1 Å². The second-order valence-electron chi connectivity index (χ2n) is 11.9. The standard InChI is InChI=1S/C26H39N7O3S2Si/c1-38(34,35)32-12-11-20(17-32)28-21-15-23-22(27-16-21)9-10-24(29-23)33(18-36-13-14-39(2,3)4)26-31-30-25(37-26)19-7-5-6-8-19/h9-10,15-16,19-20,28H,5-8,11-14,17-18H2,1-4H3. The zero-order valence-electron chi connectivity index (χ0n) is 23.3. The van der Waals surface area contributed by atoms with Gasteiger partial charge in [-0.05, 0) is 43.5 Å². The highest BCUT2D eigenvalue weighted by molar-refractivity contribution is 7.88. The van der Waals surface area contributed by atoms with E-state index in [0.717, 1.165) is 45.1 Å². The van der Waals surface area contributed by atoms with Crippen LogP contribution < -0.4 is 10.2 Å². The van der Waals surface area contributed by atoms with Gasteiger partial charge >= 0.3 is 0 Å². The predicted octanol–water partition coefficient (Wildman–Crippen LogP) is 5.04. The van der Waals surface area contributed by atoms with E-state index in [4.69, 9.17) is 9.72 Å². The summed E-state index contributed by atoms with van der Waals surface area (Å²) in [6.07, 6.45) is 8.66. The molecule has 1 N–H and O–H groups in total. The van der Waals surface area contributed by atoms with E-state index in [1.165, 1.54) is 36.2 Å². The first-order valence-electron chi connectivity index (χ1n) is 13.7. The highest BCUT2D eigenvalue weighted by atomic mass is 32.2. The number of rotatable bonds is 11. The Balaban J connectivity index is 1.36. The average molecular weight is 590 g/mol. The lowest BCUT2D eigenvalue weighted by Gasteiger charge is -2.22. The Hall–Kier alpha value is -2.19. The van der Waals surface area contributed by atoms with Gasteiger partial charge in [0.2, 0.25) is 15.2 Å². The molecular formula is C26H39N7O3S2Si. The fraction of sp³-hybridized carbons (Fsp3) is 0.615. The SMILES string of the molecule is C[Si](C)(C)CCOCN(c1ccc2ncc(NC3CCN(S(C)(=O)=O)C3)cc2n1)c1nnc(C2CCCC2)s1. The smallest absolute Gasteiger partial charge is 0.215 e. The minimum atomic E-state index is -3.19. The number of nitrogens with zero attached hydrogens (tertiary/aromatic N) is 6. The van der Waals surface area contributed by atoms with Gasteiger partial charge in [0.25, 0.3) is 0 Å². The number of fused-ring (bicyclic) bond motifs is 1. The second-order valence-corrected chi connectivity index (χ2v) is 20.5. The first-order valence-corrected chi connectivity index (χ1v) is 20.1. The lowest BCUT2D eigenvalue weighted by Crippen LogP contribution is -2.30. The van der Waals surface area contributed by atoms with E-state index in [9.17, 15) is 8.42 Å². The minimum Gasteiger partial charge on any atom is -0.380 e. The molecule has 1 atom stereocenters. The van der Waals surface area contributed by atoms with Gasteiger partial charge in [-0.15, -0.1) is 10.2 Å². The summed E-state index contributed by atoms with van der Waals surface area (Å²) in [6, 6.07) is 7.03. The van der Waals surface area contributed by atoms with Crippen molar-refractivity contribution in [1.29, 1.82) is 0 Å². The molecule has 3 aromatic heterocycles. The maximum Gasteiger partial charge on any atom is 0.215 e. The van der Waals surface area contributed by atoms with Gasteiger partial charge in [-0.3, -0.25) is 9.88 Å². The van der Waals surface area contributed by atoms with Gasteiger partial charge in [-0.2, -0.15) is 0 Å². The minimum absolute atomic E-state index is 0.0359. The summed E-state index contributed by atoms with van der Waals surface area (Å²) in [5.74, 6) is 1.25. The molecule has 0 bridgehead atoms. The monoisotopic (exact) mass is 589 g/mol. The Morgan fingerprint density at radius 2 is 1.95 bits per heavy atom. The third-order valence-corrected chi connectivity index (χ3v) is 11.5. The Morgan fingerprint density at radius 1 is 1.15 bits per heavy atom. The molecule has 212 valence electrons. The fourth-order valence-corrected chi connectivity index (χ4v) is 7.69. The molecule has 1 unspecified atom stereocenters. The molecule has 2 aliphatic rings. The summed E-state index contributed by atoms with van der Waals surface area (Å²) >= 11 is 1.64. The van der Waals surface area contributed by atoms with Gasteiger partial charge in [0.1, 0.15) is 17.6 Å². The molecule has 13 heteroatoms. The summed E-state index contributed by atoms with van der Waals surface area (Å²) in [4.78, 5) is 11.6. The highest BCUT2D eigenvalue weighted by Gasteiger charge is 2.29. The number of aromatic nitrogens is 4. The van der Waals surface area contributed by atoms with Gasteiger partial charge in [0.15, 0.2) is 0 Å². The molecule has 1 aliphatic carbocycles. The average Bonchev–Trinajstić information content (AvgIpc) is 3.64. The van der Waals surface area contributed by atoms with Gasteiger partial charge in [-0.1, -0.05) is 43.8 Å². The lowest BCUT2D eigenvalue weighted by atomic mass is 10.1. The van der Waals surface area contributed by atoms with Crippen LogP contribution in [-0.2, 0) is 14.8 Å². The van der Waals surface area contributed by atoms with E-state index in [-0.39, 0.29) is 6.04 Å². The van der Waals surface area contributed by atoms with Crippen molar-refractivity contribution in [3.05, 3.63) is 29.4 Å². The molecule has 0 amide bonds. The van der Waals surface area contributed by atoms with Gasteiger partial charge < -0.3 is 10.1 Å². The molecule has 0 spiro atoms. The first kappa shape index (κ1) is 28.3. The van der Waals surface area contributed by atoms with Gasteiger partial charge in [0, 0.05) is 39.7 Å². The van der Waals surface area contributed by atoms with Crippen LogP contribution in [0.5, 0.6) is 0 Å². The summed E-state index contributed by atoms with van der Waals surface area (Å²) in [5, 5.41) is 14.4. The number of ether oxygens (including phenoxy) is 1. The van der Waals surface area contributed by atoms with Crippen molar-refractivity contribution in [2.45, 2.75) is 69.7 Å². The fourth-order valence-electron chi connectivity index (χ4n) is 5.03. The topological polar surface area (TPSA) is 113 Å². The van der Waals surface area contributed by atoms with E-state index in [2.05, 4.69) is 40.1 Å². The molecule has 4 heterocycles. The zero-order valence-corrected chi connectivity index (χ0v) is 25.9. The van der Waals surface area contributed by atoms with Crippen LogP contribution in [-0.4, -0.2) is 79.7 Å². The number of sulfonamides is 1. The van der Waals surface area contributed by atoms with Crippen LogP contribution in [0.3, 0.4) is 0 Å². The van der Waals surface area contributed by atoms with Crippen LogP contribution in [0.4, 0.5) is 16.6 Å². The van der Waals surface area contributed by atoms with Crippen molar-refractivity contribution in [3.63, 3.8) is 0 Å². The number of pyridine rings is 2. The molecule has 2 fully saturated rings. The molecule has 1 saturated carbocycles. The molecule has 5 rings (SSSR count). The maximum atomic E-state index is 11.9. The van der Waals surface area contributed by atoms with Crippen LogP contribution in [0.25, 0.3) is 11.0 Å². The van der Waals surface area contributed by atoms with E-state index in [1.54, 1.807) is 17.5 Å². The molecule has 10 nitrogen and oxygen atoms in total. The molecular weight excluding hydrogens is 551 g/mol. The van der Waals surface area contributed by atoms with Crippen LogP contribution in [0.15, 0.2) is 24.4 Å². The van der Waals surface area contributed by atoms with Crippen molar-refractivity contribution in [3.8, 4) is 0 Å². The largest absolute Gasteiger partial charge is 0.380 e. The van der Waals surface area contributed by atoms with Crippen molar-refractivity contribution >= 4 is 57.1 Å². The summed E-state index contributed by atoms with van der Waals surface area (Å²) < 4.78 is 31.5. The van der Waals surface area contributed by atoms with E-state index in [0.29, 0.717) is 32.3 Å². The highest BCUT2D eigenvalue weighted by Crippen LogP contribution is 2.38. The predicted molar refractivity (Wildman–Crippen MR) is 160 cm³/mol. The van der Waals surface area contributed by atoms with Crippen LogP contribution in [0.1, 0.15) is 43.0 Å². The quantitative estimate of drug-likeness (QED) is 0.187.